The fraction of sp³-hybridized carbons (Fsp3) is 0.217. The zero-order chi connectivity index (χ0) is 20.2. The number of nitrogens with zero attached hydrogens (tertiary/aromatic N) is 1. The monoisotopic (exact) mass is 389 g/mol. The molecule has 4 aromatic rings. The molecule has 0 aliphatic heterocycles. The normalized spacial score (nSPS) is 11.0. The third-order valence-electron chi connectivity index (χ3n) is 4.94. The molecule has 148 valence electrons. The van der Waals surface area contributed by atoms with Gasteiger partial charge in [0.1, 0.15) is 11.5 Å². The lowest BCUT2D eigenvalue weighted by atomic mass is 10.1. The van der Waals surface area contributed by atoms with Crippen LogP contribution < -0.4 is 10.1 Å². The van der Waals surface area contributed by atoms with Gasteiger partial charge in [-0.2, -0.15) is 0 Å². The zero-order valence-electron chi connectivity index (χ0n) is 16.5. The lowest BCUT2D eigenvalue weighted by Gasteiger charge is -2.04. The number of H-pyrrole nitrogens is 1. The van der Waals surface area contributed by atoms with Gasteiger partial charge in [-0.3, -0.25) is 4.79 Å². The summed E-state index contributed by atoms with van der Waals surface area (Å²) in [7, 11) is 1.63. The lowest BCUT2D eigenvalue weighted by molar-refractivity contribution is -0.120. The first-order chi connectivity index (χ1) is 14.1. The second-order valence-corrected chi connectivity index (χ2v) is 6.89. The van der Waals surface area contributed by atoms with Crippen LogP contribution in [0.2, 0.25) is 0 Å². The maximum atomic E-state index is 12.3. The van der Waals surface area contributed by atoms with Crippen LogP contribution in [-0.2, 0) is 17.6 Å². The Bertz CT molecular complexity index is 1130. The molecule has 6 heteroatoms. The molecule has 0 spiro atoms. The molecule has 0 bridgehead atoms. The molecule has 1 amide bonds. The van der Waals surface area contributed by atoms with Gasteiger partial charge in [0.2, 0.25) is 11.8 Å². The minimum absolute atomic E-state index is 0.00808. The number of rotatable bonds is 7. The van der Waals surface area contributed by atoms with Crippen LogP contribution in [0.25, 0.3) is 22.4 Å². The van der Waals surface area contributed by atoms with E-state index in [0.29, 0.717) is 25.3 Å². The minimum atomic E-state index is -0.00808. The molecular formula is C23H23N3O3. The molecule has 0 saturated heterocycles. The van der Waals surface area contributed by atoms with Crippen molar-refractivity contribution in [3.63, 3.8) is 0 Å². The molecule has 0 aliphatic rings. The van der Waals surface area contributed by atoms with Gasteiger partial charge in [0.25, 0.3) is 0 Å². The highest BCUT2D eigenvalue weighted by Gasteiger charge is 2.13. The van der Waals surface area contributed by atoms with Gasteiger partial charge in [-0.25, -0.2) is 4.98 Å². The SMILES string of the molecule is COc1ccc(-c2nc(CCNC(=O)Cc3c[nH]c4ccccc34)c(C)o2)cc1. The van der Waals surface area contributed by atoms with Gasteiger partial charge in [0.15, 0.2) is 0 Å². The molecule has 0 aliphatic carbocycles. The van der Waals surface area contributed by atoms with Gasteiger partial charge in [-0.15, -0.1) is 0 Å². The zero-order valence-corrected chi connectivity index (χ0v) is 16.5. The Labute approximate surface area is 168 Å². The summed E-state index contributed by atoms with van der Waals surface area (Å²) >= 11 is 0. The number of hydrogen-bond acceptors (Lipinski definition) is 4. The van der Waals surface area contributed by atoms with Crippen LogP contribution in [0.1, 0.15) is 17.0 Å². The smallest absolute Gasteiger partial charge is 0.226 e. The first-order valence-corrected chi connectivity index (χ1v) is 9.56. The largest absolute Gasteiger partial charge is 0.497 e. The van der Waals surface area contributed by atoms with Crippen LogP contribution in [0.3, 0.4) is 0 Å². The van der Waals surface area contributed by atoms with E-state index in [4.69, 9.17) is 9.15 Å². The number of benzene rings is 2. The maximum Gasteiger partial charge on any atom is 0.226 e. The molecule has 2 aromatic carbocycles. The van der Waals surface area contributed by atoms with Crippen molar-refractivity contribution in [3.05, 3.63) is 71.7 Å². The number of carbonyl (C=O) groups is 1. The van der Waals surface area contributed by atoms with Crippen LogP contribution >= 0.6 is 0 Å². The van der Waals surface area contributed by atoms with E-state index >= 15 is 0 Å². The quantitative estimate of drug-likeness (QED) is 0.500. The maximum absolute atomic E-state index is 12.3. The van der Waals surface area contributed by atoms with Gasteiger partial charge in [0.05, 0.1) is 19.2 Å². The standard InChI is InChI=1S/C23H23N3O3/c1-15-20(26-23(29-15)16-7-9-18(28-2)10-8-16)11-12-24-22(27)13-17-14-25-21-6-4-3-5-19(17)21/h3-10,14,25H,11-13H2,1-2H3,(H,24,27). The van der Waals surface area contributed by atoms with Crippen LogP contribution in [0, 0.1) is 6.92 Å². The summed E-state index contributed by atoms with van der Waals surface area (Å²) < 4.78 is 11.0. The number of ether oxygens (including phenoxy) is 1. The summed E-state index contributed by atoms with van der Waals surface area (Å²) in [6.45, 7) is 2.40. The van der Waals surface area contributed by atoms with E-state index in [0.717, 1.165) is 39.2 Å². The van der Waals surface area contributed by atoms with Crippen LogP contribution in [0.4, 0.5) is 0 Å². The van der Waals surface area contributed by atoms with E-state index in [9.17, 15) is 4.79 Å². The topological polar surface area (TPSA) is 80.1 Å². The van der Waals surface area contributed by atoms with E-state index in [2.05, 4.69) is 15.3 Å². The van der Waals surface area contributed by atoms with Crippen molar-refractivity contribution in [1.82, 2.24) is 15.3 Å². The Hall–Kier alpha value is -3.54. The summed E-state index contributed by atoms with van der Waals surface area (Å²) in [6.07, 6.45) is 2.86. The number of aryl methyl sites for hydroxylation is 1. The first-order valence-electron chi connectivity index (χ1n) is 9.56. The van der Waals surface area contributed by atoms with E-state index in [1.807, 2.05) is 61.7 Å². The number of oxazole rings is 1. The van der Waals surface area contributed by atoms with Gasteiger partial charge in [-0.1, -0.05) is 18.2 Å². The molecule has 2 aromatic heterocycles. The molecule has 2 N–H and O–H groups in total. The Kier molecular flexibility index (Phi) is 5.33. The molecule has 0 radical (unpaired) electrons. The third kappa shape index (κ3) is 4.16. The number of aromatic amines is 1. The molecule has 2 heterocycles. The van der Waals surface area contributed by atoms with Crippen LogP contribution in [0.5, 0.6) is 5.75 Å². The van der Waals surface area contributed by atoms with Crippen LogP contribution in [0.15, 0.2) is 59.1 Å². The van der Waals surface area contributed by atoms with Gasteiger partial charge in [-0.05, 0) is 42.8 Å². The molecule has 4 rings (SSSR count). The summed E-state index contributed by atoms with van der Waals surface area (Å²) in [5.41, 5.74) is 3.78. The molecule has 29 heavy (non-hydrogen) atoms. The number of amides is 1. The van der Waals surface area contributed by atoms with E-state index in [1.54, 1.807) is 7.11 Å². The van der Waals surface area contributed by atoms with Gasteiger partial charge in [0, 0.05) is 35.6 Å². The molecule has 0 atom stereocenters. The lowest BCUT2D eigenvalue weighted by Crippen LogP contribution is -2.27. The number of nitrogens with one attached hydrogen (secondary N) is 2. The Morgan fingerprint density at radius 2 is 1.97 bits per heavy atom. The number of para-hydroxylation sites is 1. The molecular weight excluding hydrogens is 366 g/mol. The summed E-state index contributed by atoms with van der Waals surface area (Å²) in [4.78, 5) is 20.1. The summed E-state index contributed by atoms with van der Waals surface area (Å²) in [5, 5.41) is 4.06. The van der Waals surface area contributed by atoms with Crippen molar-refractivity contribution in [3.8, 4) is 17.2 Å². The van der Waals surface area contributed by atoms with Crippen molar-refractivity contribution in [2.45, 2.75) is 19.8 Å². The predicted molar refractivity (Wildman–Crippen MR) is 112 cm³/mol. The number of aromatic nitrogens is 2. The minimum Gasteiger partial charge on any atom is -0.497 e. The van der Waals surface area contributed by atoms with Crippen molar-refractivity contribution in [2.75, 3.05) is 13.7 Å². The second kappa shape index (κ2) is 8.22. The van der Waals surface area contributed by atoms with E-state index < -0.39 is 0 Å². The number of hydrogen-bond donors (Lipinski definition) is 2. The molecule has 0 unspecified atom stereocenters. The Morgan fingerprint density at radius 3 is 2.76 bits per heavy atom. The highest BCUT2D eigenvalue weighted by molar-refractivity contribution is 5.88. The fourth-order valence-electron chi connectivity index (χ4n) is 3.35. The van der Waals surface area contributed by atoms with E-state index in [1.165, 1.54) is 0 Å². The van der Waals surface area contributed by atoms with Crippen LogP contribution in [-0.4, -0.2) is 29.5 Å². The second-order valence-electron chi connectivity index (χ2n) is 6.89. The predicted octanol–water partition coefficient (Wildman–Crippen LogP) is 4.04. The average Bonchev–Trinajstić information content (AvgIpc) is 3.32. The van der Waals surface area contributed by atoms with Crippen molar-refractivity contribution in [2.24, 2.45) is 0 Å². The van der Waals surface area contributed by atoms with Gasteiger partial charge >= 0.3 is 0 Å². The highest BCUT2D eigenvalue weighted by Crippen LogP contribution is 2.24. The molecule has 6 nitrogen and oxygen atoms in total. The Balaban J connectivity index is 1.34. The van der Waals surface area contributed by atoms with Crippen molar-refractivity contribution >= 4 is 16.8 Å². The number of carbonyl (C=O) groups excluding carboxylic acids is 1. The highest BCUT2D eigenvalue weighted by atomic mass is 16.5. The van der Waals surface area contributed by atoms with E-state index in [-0.39, 0.29) is 5.91 Å². The average molecular weight is 389 g/mol. The van der Waals surface area contributed by atoms with Gasteiger partial charge < -0.3 is 19.5 Å². The molecule has 0 saturated carbocycles. The molecule has 0 fully saturated rings. The van der Waals surface area contributed by atoms with Crippen molar-refractivity contribution in [1.29, 1.82) is 0 Å². The third-order valence-corrected chi connectivity index (χ3v) is 4.94. The number of fused-ring (bicyclic) bond motifs is 1. The summed E-state index contributed by atoms with van der Waals surface area (Å²) in [5.74, 6) is 2.12. The summed E-state index contributed by atoms with van der Waals surface area (Å²) in [6, 6.07) is 15.6. The van der Waals surface area contributed by atoms with Crippen molar-refractivity contribution < 1.29 is 13.9 Å². The number of methoxy groups -OCH3 is 1. The Morgan fingerprint density at radius 1 is 1.17 bits per heavy atom. The first kappa shape index (κ1) is 18.8. The fourth-order valence-corrected chi connectivity index (χ4v) is 3.35.